The number of rotatable bonds is 6. The van der Waals surface area contributed by atoms with Crippen molar-refractivity contribution in [2.75, 3.05) is 53.4 Å². The highest BCUT2D eigenvalue weighted by atomic mass is 16.5. The van der Waals surface area contributed by atoms with Gasteiger partial charge in [0.15, 0.2) is 6.61 Å². The number of benzene rings is 1. The largest absolute Gasteiger partial charge is 0.484 e. The van der Waals surface area contributed by atoms with Gasteiger partial charge in [0.25, 0.3) is 5.91 Å². The quantitative estimate of drug-likeness (QED) is 0.779. The lowest BCUT2D eigenvalue weighted by atomic mass is 10.2. The van der Waals surface area contributed by atoms with E-state index in [1.165, 1.54) is 0 Å². The predicted molar refractivity (Wildman–Crippen MR) is 93.0 cm³/mol. The summed E-state index contributed by atoms with van der Waals surface area (Å²) in [5, 5.41) is 0. The zero-order chi connectivity index (χ0) is 17.5. The van der Waals surface area contributed by atoms with Crippen LogP contribution in [-0.2, 0) is 9.59 Å². The van der Waals surface area contributed by atoms with Gasteiger partial charge in [-0.2, -0.15) is 0 Å². The van der Waals surface area contributed by atoms with Crippen molar-refractivity contribution in [2.24, 2.45) is 0 Å². The van der Waals surface area contributed by atoms with Crippen LogP contribution in [-0.4, -0.2) is 79.9 Å². The Kier molecular flexibility index (Phi) is 6.61. The number of para-hydroxylation sites is 1. The lowest BCUT2D eigenvalue weighted by molar-refractivity contribution is -0.140. The molecule has 1 aliphatic heterocycles. The summed E-state index contributed by atoms with van der Waals surface area (Å²) in [7, 11) is 3.91. The van der Waals surface area contributed by atoms with Gasteiger partial charge in [0, 0.05) is 39.1 Å². The van der Waals surface area contributed by atoms with Crippen molar-refractivity contribution < 1.29 is 14.3 Å². The van der Waals surface area contributed by atoms with Crippen LogP contribution < -0.4 is 4.74 Å². The third-order valence-corrected chi connectivity index (χ3v) is 4.20. The zero-order valence-electron chi connectivity index (χ0n) is 14.8. The molecule has 6 heteroatoms. The van der Waals surface area contributed by atoms with Crippen molar-refractivity contribution in [2.45, 2.75) is 13.3 Å². The molecule has 24 heavy (non-hydrogen) atoms. The highest BCUT2D eigenvalue weighted by Crippen LogP contribution is 2.16. The van der Waals surface area contributed by atoms with Gasteiger partial charge in [-0.05, 0) is 32.6 Å². The van der Waals surface area contributed by atoms with Gasteiger partial charge < -0.3 is 19.4 Å². The molecule has 132 valence electrons. The normalized spacial score (nSPS) is 14.8. The Morgan fingerprint density at radius 1 is 1.04 bits per heavy atom. The molecular weight excluding hydrogens is 306 g/mol. The van der Waals surface area contributed by atoms with E-state index in [0.29, 0.717) is 32.6 Å². The topological polar surface area (TPSA) is 53.1 Å². The first-order valence-corrected chi connectivity index (χ1v) is 8.36. The Bertz CT molecular complexity index is 566. The van der Waals surface area contributed by atoms with Crippen molar-refractivity contribution in [3.05, 3.63) is 29.8 Å². The van der Waals surface area contributed by atoms with Gasteiger partial charge in [-0.1, -0.05) is 18.2 Å². The second-order valence-corrected chi connectivity index (χ2v) is 6.37. The number of aryl methyl sites for hydroxylation is 1. The molecule has 2 amide bonds. The lowest BCUT2D eigenvalue weighted by Gasteiger charge is -2.35. The van der Waals surface area contributed by atoms with Crippen LogP contribution >= 0.6 is 0 Å². The van der Waals surface area contributed by atoms with E-state index < -0.39 is 0 Å². The Morgan fingerprint density at radius 2 is 1.62 bits per heavy atom. The van der Waals surface area contributed by atoms with E-state index in [4.69, 9.17) is 4.74 Å². The SMILES string of the molecule is Cc1ccccc1OCC(=O)N1CCN(C(=O)CCN(C)C)CC1. The standard InChI is InChI=1S/C18H27N3O3/c1-15-6-4-5-7-16(15)24-14-18(23)21-12-10-20(11-13-21)17(22)8-9-19(2)3/h4-7H,8-14H2,1-3H3. The zero-order valence-corrected chi connectivity index (χ0v) is 14.8. The second kappa shape index (κ2) is 8.68. The third kappa shape index (κ3) is 5.23. The number of amides is 2. The molecule has 0 N–H and O–H groups in total. The molecule has 6 nitrogen and oxygen atoms in total. The summed E-state index contributed by atoms with van der Waals surface area (Å²) in [6.45, 7) is 5.09. The average Bonchev–Trinajstić information content (AvgIpc) is 2.58. The maximum atomic E-state index is 12.3. The summed E-state index contributed by atoms with van der Waals surface area (Å²) < 4.78 is 5.61. The third-order valence-electron chi connectivity index (χ3n) is 4.20. The van der Waals surface area contributed by atoms with Gasteiger partial charge in [0.1, 0.15) is 5.75 Å². The predicted octanol–water partition coefficient (Wildman–Crippen LogP) is 0.996. The van der Waals surface area contributed by atoms with Gasteiger partial charge >= 0.3 is 0 Å². The van der Waals surface area contributed by atoms with Crippen LogP contribution in [0.3, 0.4) is 0 Å². The fraction of sp³-hybridized carbons (Fsp3) is 0.556. The van der Waals surface area contributed by atoms with Gasteiger partial charge in [0.05, 0.1) is 0 Å². The number of carbonyl (C=O) groups is 2. The van der Waals surface area contributed by atoms with E-state index in [1.54, 1.807) is 4.90 Å². The molecule has 1 aromatic rings. The summed E-state index contributed by atoms with van der Waals surface area (Å²) >= 11 is 0. The molecule has 0 unspecified atom stereocenters. The van der Waals surface area contributed by atoms with Crippen molar-refractivity contribution in [3.8, 4) is 5.75 Å². The fourth-order valence-corrected chi connectivity index (χ4v) is 2.63. The van der Waals surface area contributed by atoms with Crippen molar-refractivity contribution >= 4 is 11.8 Å². The molecule has 1 heterocycles. The van der Waals surface area contributed by atoms with Crippen LogP contribution in [0.2, 0.25) is 0 Å². The van der Waals surface area contributed by atoms with Crippen LogP contribution in [0.25, 0.3) is 0 Å². The van der Waals surface area contributed by atoms with Crippen molar-refractivity contribution in [1.29, 1.82) is 0 Å². The highest BCUT2D eigenvalue weighted by Gasteiger charge is 2.24. The Morgan fingerprint density at radius 3 is 2.21 bits per heavy atom. The highest BCUT2D eigenvalue weighted by molar-refractivity contribution is 5.79. The Balaban J connectivity index is 1.74. The van der Waals surface area contributed by atoms with E-state index >= 15 is 0 Å². The molecule has 1 aromatic carbocycles. The number of hydrogen-bond acceptors (Lipinski definition) is 4. The molecule has 1 saturated heterocycles. The number of carbonyl (C=O) groups excluding carboxylic acids is 2. The molecule has 2 rings (SSSR count). The first kappa shape index (κ1) is 18.3. The van der Waals surface area contributed by atoms with Gasteiger partial charge in [-0.3, -0.25) is 9.59 Å². The van der Waals surface area contributed by atoms with Crippen LogP contribution in [0.1, 0.15) is 12.0 Å². The molecule has 0 atom stereocenters. The Hall–Kier alpha value is -2.08. The summed E-state index contributed by atoms with van der Waals surface area (Å²) in [5.74, 6) is 0.869. The van der Waals surface area contributed by atoms with E-state index in [2.05, 4.69) is 0 Å². The number of nitrogens with zero attached hydrogens (tertiary/aromatic N) is 3. The molecular formula is C18H27N3O3. The molecule has 0 aliphatic carbocycles. The average molecular weight is 333 g/mol. The van der Waals surface area contributed by atoms with Gasteiger partial charge in [-0.25, -0.2) is 0 Å². The number of hydrogen-bond donors (Lipinski definition) is 0. The summed E-state index contributed by atoms with van der Waals surface area (Å²) in [6.07, 6.45) is 0.525. The van der Waals surface area contributed by atoms with E-state index in [0.717, 1.165) is 17.9 Å². The minimum atomic E-state index is -0.0290. The minimum Gasteiger partial charge on any atom is -0.484 e. The van der Waals surface area contributed by atoms with Gasteiger partial charge in [-0.15, -0.1) is 0 Å². The van der Waals surface area contributed by atoms with E-state index in [1.807, 2.05) is 55.1 Å². The molecule has 0 bridgehead atoms. The van der Waals surface area contributed by atoms with E-state index in [-0.39, 0.29) is 18.4 Å². The first-order valence-electron chi connectivity index (χ1n) is 8.36. The maximum Gasteiger partial charge on any atom is 0.260 e. The van der Waals surface area contributed by atoms with Crippen LogP contribution in [0.15, 0.2) is 24.3 Å². The minimum absolute atomic E-state index is 0.0290. The lowest BCUT2D eigenvalue weighted by Crippen LogP contribution is -2.51. The smallest absolute Gasteiger partial charge is 0.260 e. The van der Waals surface area contributed by atoms with Crippen molar-refractivity contribution in [1.82, 2.24) is 14.7 Å². The number of piperazine rings is 1. The van der Waals surface area contributed by atoms with Gasteiger partial charge in [0.2, 0.25) is 5.91 Å². The van der Waals surface area contributed by atoms with Crippen LogP contribution in [0.5, 0.6) is 5.75 Å². The molecule has 1 fully saturated rings. The first-order chi connectivity index (χ1) is 11.5. The number of ether oxygens (including phenoxy) is 1. The maximum absolute atomic E-state index is 12.3. The van der Waals surface area contributed by atoms with Crippen LogP contribution in [0, 0.1) is 6.92 Å². The molecule has 1 aliphatic rings. The fourth-order valence-electron chi connectivity index (χ4n) is 2.63. The van der Waals surface area contributed by atoms with Crippen LogP contribution in [0.4, 0.5) is 0 Å². The molecule has 0 saturated carbocycles. The Labute approximate surface area is 144 Å². The second-order valence-electron chi connectivity index (χ2n) is 6.37. The monoisotopic (exact) mass is 333 g/mol. The molecule has 0 spiro atoms. The summed E-state index contributed by atoms with van der Waals surface area (Å²) in [6, 6.07) is 7.66. The summed E-state index contributed by atoms with van der Waals surface area (Å²) in [5.41, 5.74) is 1.02. The van der Waals surface area contributed by atoms with Crippen molar-refractivity contribution in [3.63, 3.8) is 0 Å². The molecule has 0 radical (unpaired) electrons. The summed E-state index contributed by atoms with van der Waals surface area (Å²) in [4.78, 5) is 30.0. The van der Waals surface area contributed by atoms with E-state index in [9.17, 15) is 9.59 Å². The molecule has 0 aromatic heterocycles.